The van der Waals surface area contributed by atoms with Gasteiger partial charge in [-0.25, -0.2) is 0 Å². The molecule has 0 unspecified atom stereocenters. The summed E-state index contributed by atoms with van der Waals surface area (Å²) in [6.07, 6.45) is 3.22. The van der Waals surface area contributed by atoms with E-state index in [4.69, 9.17) is 0 Å². The molecule has 0 rings (SSSR count). The predicted molar refractivity (Wildman–Crippen MR) is 61.4 cm³/mol. The van der Waals surface area contributed by atoms with Crippen molar-refractivity contribution in [2.24, 2.45) is 0 Å². The van der Waals surface area contributed by atoms with Gasteiger partial charge in [-0.3, -0.25) is 4.57 Å². The summed E-state index contributed by atoms with van der Waals surface area (Å²) < 4.78 is 17.7. The van der Waals surface area contributed by atoms with Crippen molar-refractivity contribution < 1.29 is 18.5 Å². The molecule has 0 aromatic rings. The fourth-order valence-corrected chi connectivity index (χ4v) is 1.39. The second kappa shape index (κ2) is 7.56. The van der Waals surface area contributed by atoms with Gasteiger partial charge in [0.15, 0.2) is 0 Å². The summed E-state index contributed by atoms with van der Waals surface area (Å²) in [5.41, 5.74) is 0. The minimum absolute atomic E-state index is 0.534. The maximum absolute atomic E-state index is 9.95. The fraction of sp³-hybridized carbons (Fsp3) is 0.750. The molecule has 14 heavy (non-hydrogen) atoms. The Labute approximate surface area is 87.3 Å². The smallest absolute Gasteiger partial charge is 0.267 e. The average Bonchev–Trinajstić information content (AvgIpc) is 2.04. The molecule has 0 radical (unpaired) electrons. The van der Waals surface area contributed by atoms with E-state index in [1.165, 1.54) is 6.16 Å². The summed E-state index contributed by atoms with van der Waals surface area (Å²) >= 11 is 0. The predicted octanol–water partition coefficient (Wildman–Crippen LogP) is 1.83. The van der Waals surface area contributed by atoms with Gasteiger partial charge in [-0.05, 0) is 0 Å². The van der Waals surface area contributed by atoms with Crippen molar-refractivity contribution in [1.29, 1.82) is 0 Å². The number of allylic oxidation sites excluding steroid dienone is 1. The summed E-state index contributed by atoms with van der Waals surface area (Å²) in [4.78, 5) is 9.95. The van der Waals surface area contributed by atoms with E-state index in [9.17, 15) is 9.46 Å². The summed E-state index contributed by atoms with van der Waals surface area (Å²) in [6.45, 7) is 10.6. The summed E-state index contributed by atoms with van der Waals surface area (Å²) in [6, 6.07) is 0. The van der Waals surface area contributed by atoms with E-state index < -0.39 is 15.1 Å². The van der Waals surface area contributed by atoms with Crippen LogP contribution in [0.15, 0.2) is 12.7 Å². The van der Waals surface area contributed by atoms with Crippen LogP contribution >= 0.6 is 15.1 Å². The van der Waals surface area contributed by atoms with Gasteiger partial charge >= 0.3 is 0 Å². The van der Waals surface area contributed by atoms with Crippen molar-refractivity contribution >= 4 is 15.1 Å². The van der Waals surface area contributed by atoms with Gasteiger partial charge in [-0.1, -0.05) is 12.7 Å². The van der Waals surface area contributed by atoms with Crippen molar-refractivity contribution in [3.8, 4) is 0 Å². The van der Waals surface area contributed by atoms with E-state index in [0.29, 0.717) is 0 Å². The molecule has 0 saturated heterocycles. The number of phosphoric ester groups is 1. The summed E-state index contributed by atoms with van der Waals surface area (Å²) in [5.74, 6) is 0. The molecular weight excluding hydrogens is 222 g/mol. The van der Waals surface area contributed by atoms with E-state index in [1.807, 2.05) is 6.08 Å². The maximum Gasteiger partial charge on any atom is 0.267 e. The van der Waals surface area contributed by atoms with Crippen LogP contribution in [-0.4, -0.2) is 40.4 Å². The van der Waals surface area contributed by atoms with E-state index >= 15 is 0 Å². The average molecular weight is 242 g/mol. The van der Waals surface area contributed by atoms with Crippen LogP contribution in [0, 0.1) is 0 Å². The van der Waals surface area contributed by atoms with Crippen molar-refractivity contribution in [3.63, 3.8) is 0 Å². The number of rotatable bonds is 4. The number of hydrogen-bond donors (Lipinski definition) is 0. The molecule has 0 aromatic heterocycles. The first-order valence-electron chi connectivity index (χ1n) is 4.02. The Balaban J connectivity index is 0. The lowest BCUT2D eigenvalue weighted by atomic mass is 10.8. The van der Waals surface area contributed by atoms with Crippen LogP contribution in [0.4, 0.5) is 0 Å². The van der Waals surface area contributed by atoms with Crippen LogP contribution in [-0.2, 0) is 13.6 Å². The monoisotopic (exact) mass is 242 g/mol. The Morgan fingerprint density at radius 1 is 1.36 bits per heavy atom. The number of hydrogen-bond acceptors (Lipinski definition) is 4. The van der Waals surface area contributed by atoms with Gasteiger partial charge in [0.05, 0.1) is 6.16 Å². The summed E-state index contributed by atoms with van der Waals surface area (Å²) in [7, 11) is -2.36. The first-order valence-corrected chi connectivity index (χ1v) is 8.80. The molecule has 0 aromatic carbocycles. The molecule has 0 atom stereocenters. The standard InChI is InChI=1S/C6H14P.C2H7O4P/c1-5-6-7(2,3)4;1-5-7(3,4)6-2/h5H,1,6H2,2-4H3;1-2H3,(H,3,4)/q+1;/p-1. The largest absolute Gasteiger partial charge is 0.756 e. The molecule has 86 valence electrons. The Bertz CT molecular complexity index is 190. The molecule has 0 heterocycles. The maximum atomic E-state index is 9.95. The molecule has 0 N–H and O–H groups in total. The van der Waals surface area contributed by atoms with Crippen LogP contribution in [0.1, 0.15) is 0 Å². The first-order chi connectivity index (χ1) is 6.18. The van der Waals surface area contributed by atoms with Gasteiger partial charge in [0.25, 0.3) is 7.82 Å². The molecule has 0 bridgehead atoms. The van der Waals surface area contributed by atoms with Crippen LogP contribution in [0.2, 0.25) is 0 Å². The van der Waals surface area contributed by atoms with Crippen LogP contribution in [0.5, 0.6) is 0 Å². The highest BCUT2D eigenvalue weighted by atomic mass is 31.2. The molecule has 6 heteroatoms. The molecule has 0 saturated carbocycles. The Hall–Kier alpha value is 0.280. The first kappa shape index (κ1) is 16.7. The molecule has 0 spiro atoms. The molecule has 0 aliphatic heterocycles. The molecule has 0 aliphatic rings. The third-order valence-corrected chi connectivity index (χ3v) is 3.37. The van der Waals surface area contributed by atoms with E-state index in [-0.39, 0.29) is 0 Å². The zero-order valence-corrected chi connectivity index (χ0v) is 11.3. The van der Waals surface area contributed by atoms with Crippen molar-refractivity contribution in [2.75, 3.05) is 40.4 Å². The highest BCUT2D eigenvalue weighted by Gasteiger charge is 2.12. The topological polar surface area (TPSA) is 58.6 Å². The van der Waals surface area contributed by atoms with Gasteiger partial charge in [0, 0.05) is 41.5 Å². The molecule has 0 amide bonds. The minimum atomic E-state index is -3.90. The number of phosphoric acid groups is 1. The molecule has 0 fully saturated rings. The lowest BCUT2D eigenvalue weighted by Crippen LogP contribution is -2.02. The third-order valence-electron chi connectivity index (χ3n) is 1.12. The van der Waals surface area contributed by atoms with E-state index in [0.717, 1.165) is 14.2 Å². The van der Waals surface area contributed by atoms with Crippen molar-refractivity contribution in [3.05, 3.63) is 12.7 Å². The second-order valence-electron chi connectivity index (χ2n) is 3.57. The van der Waals surface area contributed by atoms with Gasteiger partial charge in [-0.15, -0.1) is 0 Å². The Morgan fingerprint density at radius 3 is 1.71 bits per heavy atom. The molecule has 4 nitrogen and oxygen atoms in total. The highest BCUT2D eigenvalue weighted by Crippen LogP contribution is 2.45. The Kier molecular flexibility index (Phi) is 9.01. The SMILES string of the molecule is C=CC[P+](C)(C)C.COP(=O)([O-])OC. The normalized spacial score (nSPS) is 11.6. The van der Waals surface area contributed by atoms with E-state index in [1.54, 1.807) is 0 Å². The van der Waals surface area contributed by atoms with Gasteiger partial charge in [0.2, 0.25) is 0 Å². The zero-order chi connectivity index (χ0) is 11.8. The van der Waals surface area contributed by atoms with Crippen LogP contribution in [0.25, 0.3) is 0 Å². The van der Waals surface area contributed by atoms with Crippen molar-refractivity contribution in [1.82, 2.24) is 0 Å². The second-order valence-corrected chi connectivity index (χ2v) is 10.1. The van der Waals surface area contributed by atoms with Crippen molar-refractivity contribution in [2.45, 2.75) is 0 Å². The third kappa shape index (κ3) is 14.8. The minimum Gasteiger partial charge on any atom is -0.756 e. The van der Waals surface area contributed by atoms with Crippen LogP contribution < -0.4 is 4.89 Å². The van der Waals surface area contributed by atoms with Gasteiger partial charge in [-0.2, -0.15) is 0 Å². The lowest BCUT2D eigenvalue weighted by molar-refractivity contribution is -0.220. The summed E-state index contributed by atoms with van der Waals surface area (Å²) in [5, 5.41) is 0. The fourth-order valence-electron chi connectivity index (χ4n) is 0.462. The highest BCUT2D eigenvalue weighted by molar-refractivity contribution is 7.73. The molecule has 0 aliphatic carbocycles. The quantitative estimate of drug-likeness (QED) is 0.557. The Morgan fingerprint density at radius 2 is 1.71 bits per heavy atom. The lowest BCUT2D eigenvalue weighted by Gasteiger charge is -2.16. The van der Waals surface area contributed by atoms with Gasteiger partial charge in [0.1, 0.15) is 0 Å². The zero-order valence-electron chi connectivity index (χ0n) is 9.52. The van der Waals surface area contributed by atoms with Gasteiger partial charge < -0.3 is 13.9 Å². The van der Waals surface area contributed by atoms with E-state index in [2.05, 4.69) is 35.6 Å². The molecular formula is C8H20O4P2. The van der Waals surface area contributed by atoms with Crippen LogP contribution in [0.3, 0.4) is 0 Å².